The first kappa shape index (κ1) is 20.2. The maximum atomic E-state index is 13.2. The predicted octanol–water partition coefficient (Wildman–Crippen LogP) is 4.66. The van der Waals surface area contributed by atoms with Crippen molar-refractivity contribution in [2.45, 2.75) is 31.3 Å². The van der Waals surface area contributed by atoms with Crippen molar-refractivity contribution in [3.05, 3.63) is 77.7 Å². The molecular formula is C25H22FN3O3. The number of nitrogens with one attached hydrogen (secondary N) is 1. The molecule has 3 aromatic rings. The van der Waals surface area contributed by atoms with Crippen LogP contribution in [-0.4, -0.2) is 16.9 Å². The smallest absolute Gasteiger partial charge is 0.339 e. The lowest BCUT2D eigenvalue weighted by molar-refractivity contribution is -0.122. The third kappa shape index (κ3) is 3.49. The molecule has 7 heteroatoms. The molecule has 3 N–H and O–H groups in total. The Balaban J connectivity index is 1.29. The molecule has 0 bridgehead atoms. The average molecular weight is 431 g/mol. The number of nitrogens with zero attached hydrogens (tertiary/aromatic N) is 1. The monoisotopic (exact) mass is 431 g/mol. The van der Waals surface area contributed by atoms with E-state index in [-0.39, 0.29) is 29.4 Å². The molecule has 0 unspecified atom stereocenters. The van der Waals surface area contributed by atoms with Gasteiger partial charge in [-0.1, -0.05) is 30.3 Å². The van der Waals surface area contributed by atoms with Crippen molar-refractivity contribution in [1.29, 1.82) is 0 Å². The number of esters is 1. The lowest BCUT2D eigenvalue weighted by Crippen LogP contribution is -2.36. The molecule has 1 fully saturated rings. The third-order valence-corrected chi connectivity index (χ3v) is 6.44. The summed E-state index contributed by atoms with van der Waals surface area (Å²) < 4.78 is 19.0. The van der Waals surface area contributed by atoms with Gasteiger partial charge >= 0.3 is 5.97 Å². The number of fused-ring (bicyclic) bond motifs is 2. The molecule has 1 aliphatic carbocycles. The van der Waals surface area contributed by atoms with Gasteiger partial charge in [0.2, 0.25) is 5.91 Å². The highest BCUT2D eigenvalue weighted by atomic mass is 19.1. The third-order valence-electron chi connectivity index (χ3n) is 6.44. The van der Waals surface area contributed by atoms with E-state index in [2.05, 4.69) is 10.3 Å². The fraction of sp³-hybridized carbons (Fsp3) is 0.240. The largest absolute Gasteiger partial charge is 0.451 e. The first-order valence-electron chi connectivity index (χ1n) is 10.6. The number of nitrogen functional groups attached to an aromatic ring is 1. The van der Waals surface area contributed by atoms with Gasteiger partial charge in [0, 0.05) is 23.2 Å². The minimum Gasteiger partial charge on any atom is -0.451 e. The number of carbonyl (C=O) groups is 2. The molecule has 5 rings (SSSR count). The Hall–Kier alpha value is -3.74. The van der Waals surface area contributed by atoms with E-state index in [0.717, 1.165) is 16.7 Å². The number of anilines is 2. The topological polar surface area (TPSA) is 94.3 Å². The molecule has 1 aliphatic heterocycles. The lowest BCUT2D eigenvalue weighted by atomic mass is 9.74. The van der Waals surface area contributed by atoms with Crippen molar-refractivity contribution in [3.63, 3.8) is 0 Å². The molecule has 1 saturated carbocycles. The fourth-order valence-electron chi connectivity index (χ4n) is 4.67. The van der Waals surface area contributed by atoms with E-state index in [1.165, 1.54) is 12.1 Å². The van der Waals surface area contributed by atoms with Gasteiger partial charge in [0.1, 0.15) is 17.2 Å². The van der Waals surface area contributed by atoms with Crippen LogP contribution in [0.4, 0.5) is 15.9 Å². The lowest BCUT2D eigenvalue weighted by Gasteiger charge is -2.36. The zero-order chi connectivity index (χ0) is 22.3. The van der Waals surface area contributed by atoms with Crippen molar-refractivity contribution in [2.24, 2.45) is 5.92 Å². The highest BCUT2D eigenvalue weighted by molar-refractivity contribution is 5.96. The fourth-order valence-corrected chi connectivity index (χ4v) is 4.67. The number of carbonyl (C=O) groups excluding carboxylic acids is 2. The van der Waals surface area contributed by atoms with Crippen LogP contribution < -0.4 is 11.1 Å². The number of aromatic nitrogens is 1. The van der Waals surface area contributed by atoms with E-state index in [9.17, 15) is 14.0 Å². The van der Waals surface area contributed by atoms with E-state index >= 15 is 0 Å². The minimum atomic E-state index is -0.631. The summed E-state index contributed by atoms with van der Waals surface area (Å²) in [5.41, 5.74) is 8.82. The average Bonchev–Trinajstić information content (AvgIpc) is 3.08. The van der Waals surface area contributed by atoms with E-state index in [4.69, 9.17) is 10.5 Å². The molecule has 6 nitrogen and oxygen atoms in total. The quantitative estimate of drug-likeness (QED) is 0.588. The first-order chi connectivity index (χ1) is 15.4. The van der Waals surface area contributed by atoms with Gasteiger partial charge in [-0.25, -0.2) is 14.2 Å². The van der Waals surface area contributed by atoms with E-state index in [1.807, 2.05) is 18.2 Å². The molecule has 32 heavy (non-hydrogen) atoms. The van der Waals surface area contributed by atoms with Crippen LogP contribution in [-0.2, 0) is 15.1 Å². The summed E-state index contributed by atoms with van der Waals surface area (Å²) in [6.07, 6.45) is 3.97. The number of ether oxygens (including phenoxy) is 1. The molecular weight excluding hydrogens is 409 g/mol. The van der Waals surface area contributed by atoms with Crippen LogP contribution in [0.25, 0.3) is 11.1 Å². The van der Waals surface area contributed by atoms with Crippen molar-refractivity contribution in [3.8, 4) is 11.1 Å². The number of hydrogen-bond acceptors (Lipinski definition) is 5. The molecule has 0 saturated heterocycles. The standard InChI is InChI=1S/C25H22FN3O3/c26-18-7-5-15(6-8-18)17-13-21(22(27)28-14-17)29-23(30)16-9-11-25(12-10-16)20-4-2-1-3-19(20)24(31)32-25/h1-8,13-14,16H,9-12H2,(H2,27,28)(H,29,30)/t16-,25-. The van der Waals surface area contributed by atoms with Crippen molar-refractivity contribution in [2.75, 3.05) is 11.1 Å². The molecule has 2 aromatic carbocycles. The molecule has 2 heterocycles. The Morgan fingerprint density at radius 3 is 2.56 bits per heavy atom. The summed E-state index contributed by atoms with van der Waals surface area (Å²) in [6, 6.07) is 15.2. The van der Waals surface area contributed by atoms with Gasteiger partial charge in [-0.2, -0.15) is 0 Å². The Labute approximate surface area is 184 Å². The Morgan fingerprint density at radius 2 is 1.81 bits per heavy atom. The molecule has 2 aliphatic rings. The van der Waals surface area contributed by atoms with E-state index in [0.29, 0.717) is 36.9 Å². The van der Waals surface area contributed by atoms with Crippen LogP contribution in [0.5, 0.6) is 0 Å². The second kappa shape index (κ2) is 7.75. The SMILES string of the molecule is Nc1ncc(-c2ccc(F)cc2)cc1NC(=O)[C@H]1CC[C@@]2(CC1)OC(=O)c1ccccc12. The van der Waals surface area contributed by atoms with Gasteiger partial charge in [0.15, 0.2) is 0 Å². The molecule has 0 radical (unpaired) electrons. The Kier molecular flexibility index (Phi) is 4.89. The summed E-state index contributed by atoms with van der Waals surface area (Å²) in [5, 5.41) is 2.90. The van der Waals surface area contributed by atoms with Crippen LogP contribution in [0.2, 0.25) is 0 Å². The van der Waals surface area contributed by atoms with Crippen molar-refractivity contribution in [1.82, 2.24) is 4.98 Å². The molecule has 1 aromatic heterocycles. The van der Waals surface area contributed by atoms with Gasteiger partial charge in [0.25, 0.3) is 0 Å². The number of pyridine rings is 1. The maximum Gasteiger partial charge on any atom is 0.339 e. The number of rotatable bonds is 3. The molecule has 162 valence electrons. The minimum absolute atomic E-state index is 0.137. The molecule has 1 amide bonds. The zero-order valence-electron chi connectivity index (χ0n) is 17.3. The second-order valence-electron chi connectivity index (χ2n) is 8.36. The summed E-state index contributed by atoms with van der Waals surface area (Å²) in [7, 11) is 0. The van der Waals surface area contributed by atoms with Crippen LogP contribution >= 0.6 is 0 Å². The van der Waals surface area contributed by atoms with Gasteiger partial charge in [0.05, 0.1) is 11.3 Å². The summed E-state index contributed by atoms with van der Waals surface area (Å²) >= 11 is 0. The van der Waals surface area contributed by atoms with Gasteiger partial charge in [-0.3, -0.25) is 4.79 Å². The number of amides is 1. The maximum absolute atomic E-state index is 13.2. The normalized spacial score (nSPS) is 21.8. The van der Waals surface area contributed by atoms with Crippen LogP contribution in [0.3, 0.4) is 0 Å². The molecule has 0 atom stereocenters. The van der Waals surface area contributed by atoms with Gasteiger partial charge in [-0.15, -0.1) is 0 Å². The Bertz CT molecular complexity index is 1200. The van der Waals surface area contributed by atoms with Gasteiger partial charge < -0.3 is 15.8 Å². The first-order valence-corrected chi connectivity index (χ1v) is 10.6. The van der Waals surface area contributed by atoms with E-state index in [1.54, 1.807) is 30.5 Å². The molecule has 1 spiro atoms. The Morgan fingerprint density at radius 1 is 1.09 bits per heavy atom. The van der Waals surface area contributed by atoms with Crippen LogP contribution in [0.1, 0.15) is 41.6 Å². The number of halogens is 1. The van der Waals surface area contributed by atoms with Crippen LogP contribution in [0, 0.1) is 11.7 Å². The van der Waals surface area contributed by atoms with Crippen LogP contribution in [0.15, 0.2) is 60.8 Å². The van der Waals surface area contributed by atoms with E-state index < -0.39 is 5.60 Å². The van der Waals surface area contributed by atoms with Crippen molar-refractivity contribution >= 4 is 23.4 Å². The number of benzene rings is 2. The second-order valence-corrected chi connectivity index (χ2v) is 8.36. The highest BCUT2D eigenvalue weighted by Crippen LogP contribution is 2.48. The summed E-state index contributed by atoms with van der Waals surface area (Å²) in [6.45, 7) is 0. The van der Waals surface area contributed by atoms with Crippen molar-refractivity contribution < 1.29 is 18.7 Å². The highest BCUT2D eigenvalue weighted by Gasteiger charge is 2.48. The number of hydrogen-bond donors (Lipinski definition) is 2. The number of nitrogens with two attached hydrogens (primary N) is 1. The summed E-state index contributed by atoms with van der Waals surface area (Å²) in [5.74, 6) is -0.755. The summed E-state index contributed by atoms with van der Waals surface area (Å²) in [4.78, 5) is 29.4. The van der Waals surface area contributed by atoms with Gasteiger partial charge in [-0.05, 0) is 55.5 Å². The zero-order valence-corrected chi connectivity index (χ0v) is 17.3. The predicted molar refractivity (Wildman–Crippen MR) is 118 cm³/mol.